The number of nitrogens with zero attached hydrogens (tertiary/aromatic N) is 1. The maximum atomic E-state index is 13.1. The molecule has 0 spiro atoms. The first-order valence-corrected chi connectivity index (χ1v) is 9.45. The van der Waals surface area contributed by atoms with Gasteiger partial charge in [-0.15, -0.1) is 0 Å². The van der Waals surface area contributed by atoms with Crippen LogP contribution in [0.1, 0.15) is 19.4 Å². The minimum Gasteiger partial charge on any atom is -0.326 e. The van der Waals surface area contributed by atoms with Crippen LogP contribution in [0.2, 0.25) is 0 Å². The molecule has 0 unspecified atom stereocenters. The average molecular weight is 364 g/mol. The van der Waals surface area contributed by atoms with E-state index in [0.717, 1.165) is 0 Å². The Morgan fingerprint density at radius 1 is 1.08 bits per heavy atom. The number of amides is 1. The van der Waals surface area contributed by atoms with Crippen LogP contribution in [0.5, 0.6) is 0 Å². The van der Waals surface area contributed by atoms with E-state index in [-0.39, 0.29) is 17.2 Å². The number of anilines is 1. The molecular formula is C18H21FN2O3S. The fourth-order valence-corrected chi connectivity index (χ4v) is 3.92. The fraction of sp³-hybridized carbons (Fsp3) is 0.278. The number of carbonyl (C=O) groups excluding carboxylic acids is 1. The summed E-state index contributed by atoms with van der Waals surface area (Å²) in [6, 6.07) is 11.8. The minimum absolute atomic E-state index is 0.0389. The van der Waals surface area contributed by atoms with Gasteiger partial charge in [0.15, 0.2) is 0 Å². The second kappa shape index (κ2) is 8.22. The second-order valence-corrected chi connectivity index (χ2v) is 7.41. The van der Waals surface area contributed by atoms with E-state index in [2.05, 4.69) is 5.32 Å². The van der Waals surface area contributed by atoms with E-state index in [1.54, 1.807) is 38.1 Å². The van der Waals surface area contributed by atoms with Gasteiger partial charge in [-0.3, -0.25) is 4.79 Å². The van der Waals surface area contributed by atoms with Crippen molar-refractivity contribution in [3.8, 4) is 0 Å². The molecule has 2 rings (SSSR count). The molecule has 0 aliphatic carbocycles. The van der Waals surface area contributed by atoms with Crippen molar-refractivity contribution >= 4 is 21.6 Å². The van der Waals surface area contributed by atoms with Crippen molar-refractivity contribution in [1.29, 1.82) is 0 Å². The smallest absolute Gasteiger partial charge is 0.243 e. The molecule has 0 aliphatic heterocycles. The Hall–Kier alpha value is -2.25. The number of halogens is 1. The predicted molar refractivity (Wildman–Crippen MR) is 95.3 cm³/mol. The highest BCUT2D eigenvalue weighted by Crippen LogP contribution is 2.18. The van der Waals surface area contributed by atoms with E-state index in [1.807, 2.05) is 0 Å². The highest BCUT2D eigenvalue weighted by Gasteiger charge is 2.21. The van der Waals surface area contributed by atoms with Crippen molar-refractivity contribution in [2.75, 3.05) is 18.4 Å². The maximum Gasteiger partial charge on any atom is 0.243 e. The summed E-state index contributed by atoms with van der Waals surface area (Å²) < 4.78 is 39.3. The minimum atomic E-state index is -3.52. The van der Waals surface area contributed by atoms with Crippen LogP contribution in [0.15, 0.2) is 53.4 Å². The van der Waals surface area contributed by atoms with Crippen LogP contribution in [-0.4, -0.2) is 31.7 Å². The molecule has 5 nitrogen and oxygen atoms in total. The quantitative estimate of drug-likeness (QED) is 0.821. The van der Waals surface area contributed by atoms with Crippen molar-refractivity contribution in [2.24, 2.45) is 0 Å². The van der Waals surface area contributed by atoms with Gasteiger partial charge in [-0.05, 0) is 42.0 Å². The highest BCUT2D eigenvalue weighted by molar-refractivity contribution is 7.89. The van der Waals surface area contributed by atoms with E-state index in [9.17, 15) is 17.6 Å². The normalized spacial score (nSPS) is 11.5. The third-order valence-electron chi connectivity index (χ3n) is 3.73. The molecule has 0 saturated carbocycles. The number of nitrogens with one attached hydrogen (secondary N) is 1. The zero-order valence-electron chi connectivity index (χ0n) is 14.2. The molecular weight excluding hydrogens is 343 g/mol. The molecule has 0 radical (unpaired) electrons. The molecule has 0 atom stereocenters. The first kappa shape index (κ1) is 19.1. The average Bonchev–Trinajstić information content (AvgIpc) is 2.56. The van der Waals surface area contributed by atoms with E-state index < -0.39 is 15.8 Å². The largest absolute Gasteiger partial charge is 0.326 e. The van der Waals surface area contributed by atoms with Crippen LogP contribution in [0, 0.1) is 5.82 Å². The molecule has 25 heavy (non-hydrogen) atoms. The van der Waals surface area contributed by atoms with E-state index in [1.165, 1.54) is 28.6 Å². The Kier molecular flexibility index (Phi) is 6.27. The monoisotopic (exact) mass is 364 g/mol. The Morgan fingerprint density at radius 2 is 1.72 bits per heavy atom. The van der Waals surface area contributed by atoms with Crippen LogP contribution in [0.3, 0.4) is 0 Å². The van der Waals surface area contributed by atoms with Gasteiger partial charge in [0, 0.05) is 18.8 Å². The number of hydrogen-bond acceptors (Lipinski definition) is 3. The molecule has 7 heteroatoms. The Balaban J connectivity index is 2.06. The third kappa shape index (κ3) is 4.87. The summed E-state index contributed by atoms with van der Waals surface area (Å²) in [5.41, 5.74) is 1.05. The molecule has 2 aromatic carbocycles. The van der Waals surface area contributed by atoms with Gasteiger partial charge in [-0.1, -0.05) is 26.0 Å². The molecule has 134 valence electrons. The van der Waals surface area contributed by atoms with Gasteiger partial charge in [-0.2, -0.15) is 4.31 Å². The molecule has 0 aromatic heterocycles. The van der Waals surface area contributed by atoms with Gasteiger partial charge in [0.2, 0.25) is 15.9 Å². The first-order valence-electron chi connectivity index (χ1n) is 8.01. The van der Waals surface area contributed by atoms with E-state index in [0.29, 0.717) is 24.3 Å². The number of carbonyl (C=O) groups is 1. The van der Waals surface area contributed by atoms with Gasteiger partial charge in [0.05, 0.1) is 11.3 Å². The number of hydrogen-bond donors (Lipinski definition) is 1. The maximum absolute atomic E-state index is 13.1. The van der Waals surface area contributed by atoms with Crippen LogP contribution in [0.4, 0.5) is 10.1 Å². The lowest BCUT2D eigenvalue weighted by Gasteiger charge is -2.18. The number of sulfonamides is 1. The highest BCUT2D eigenvalue weighted by atomic mass is 32.2. The Labute approximate surface area is 147 Å². The SMILES string of the molecule is CCN(CC)S(=O)(=O)c1ccc(NC(=O)Cc2cccc(F)c2)cc1. The Morgan fingerprint density at radius 3 is 2.28 bits per heavy atom. The summed E-state index contributed by atoms with van der Waals surface area (Å²) in [5, 5.41) is 2.68. The zero-order chi connectivity index (χ0) is 18.4. The van der Waals surface area contributed by atoms with Gasteiger partial charge in [0.25, 0.3) is 0 Å². The van der Waals surface area contributed by atoms with Crippen LogP contribution in [0.25, 0.3) is 0 Å². The summed E-state index contributed by atoms with van der Waals surface area (Å²) in [5.74, 6) is -0.693. The van der Waals surface area contributed by atoms with E-state index in [4.69, 9.17) is 0 Å². The van der Waals surface area contributed by atoms with Crippen molar-refractivity contribution in [2.45, 2.75) is 25.2 Å². The third-order valence-corrected chi connectivity index (χ3v) is 5.80. The number of benzene rings is 2. The molecule has 1 N–H and O–H groups in total. The van der Waals surface area contributed by atoms with Crippen LogP contribution < -0.4 is 5.32 Å². The molecule has 0 aliphatic rings. The summed E-state index contributed by atoms with van der Waals surface area (Å²) >= 11 is 0. The molecule has 0 bridgehead atoms. The van der Waals surface area contributed by atoms with Gasteiger partial charge < -0.3 is 5.32 Å². The molecule has 0 saturated heterocycles. The summed E-state index contributed by atoms with van der Waals surface area (Å²) in [4.78, 5) is 12.2. The Bertz CT molecular complexity index is 832. The first-order chi connectivity index (χ1) is 11.9. The lowest BCUT2D eigenvalue weighted by molar-refractivity contribution is -0.115. The van der Waals surface area contributed by atoms with Crippen LogP contribution in [-0.2, 0) is 21.2 Å². The zero-order valence-corrected chi connectivity index (χ0v) is 15.0. The molecule has 0 fully saturated rings. The van der Waals surface area contributed by atoms with Gasteiger partial charge >= 0.3 is 0 Å². The second-order valence-electron chi connectivity index (χ2n) is 5.47. The number of rotatable bonds is 7. The lowest BCUT2D eigenvalue weighted by Crippen LogP contribution is -2.30. The van der Waals surface area contributed by atoms with Crippen LogP contribution >= 0.6 is 0 Å². The molecule has 2 aromatic rings. The topological polar surface area (TPSA) is 66.5 Å². The predicted octanol–water partition coefficient (Wildman–Crippen LogP) is 3.04. The standard InChI is InChI=1S/C18H21FN2O3S/c1-3-21(4-2)25(23,24)17-10-8-16(9-11-17)20-18(22)13-14-6-5-7-15(19)12-14/h5-12H,3-4,13H2,1-2H3,(H,20,22). The van der Waals surface area contributed by atoms with Gasteiger partial charge in [0.1, 0.15) is 5.82 Å². The van der Waals surface area contributed by atoms with Crippen molar-refractivity contribution in [3.63, 3.8) is 0 Å². The van der Waals surface area contributed by atoms with Crippen molar-refractivity contribution < 1.29 is 17.6 Å². The summed E-state index contributed by atoms with van der Waals surface area (Å²) in [6.45, 7) is 4.35. The summed E-state index contributed by atoms with van der Waals surface area (Å²) in [6.07, 6.45) is 0.0389. The lowest BCUT2D eigenvalue weighted by atomic mass is 10.1. The molecule has 0 heterocycles. The van der Waals surface area contributed by atoms with Crippen molar-refractivity contribution in [1.82, 2.24) is 4.31 Å². The van der Waals surface area contributed by atoms with Crippen molar-refractivity contribution in [3.05, 3.63) is 59.9 Å². The van der Waals surface area contributed by atoms with Gasteiger partial charge in [-0.25, -0.2) is 12.8 Å². The van der Waals surface area contributed by atoms with E-state index >= 15 is 0 Å². The fourth-order valence-electron chi connectivity index (χ4n) is 2.46. The summed E-state index contributed by atoms with van der Waals surface area (Å²) in [7, 11) is -3.52. The molecule has 1 amide bonds.